The van der Waals surface area contributed by atoms with Gasteiger partial charge < -0.3 is 10.1 Å². The zero-order valence-electron chi connectivity index (χ0n) is 19.8. The van der Waals surface area contributed by atoms with Gasteiger partial charge in [0.05, 0.1) is 0 Å². The number of nitrogens with one attached hydrogen (secondary N) is 1. The lowest BCUT2D eigenvalue weighted by atomic mass is 9.45. The number of ether oxygens (including phenoxy) is 1. The molecule has 7 atom stereocenters. The van der Waals surface area contributed by atoms with Gasteiger partial charge in [-0.15, -0.1) is 0 Å². The molecule has 4 aliphatic carbocycles. The number of hydrogen-bond donors (Lipinski definition) is 1. The first-order valence-corrected chi connectivity index (χ1v) is 12.2. The molecule has 4 saturated carbocycles. The molecule has 30 heavy (non-hydrogen) atoms. The van der Waals surface area contributed by atoms with Crippen LogP contribution in [-0.4, -0.2) is 23.5 Å². The molecule has 168 valence electrons. The van der Waals surface area contributed by atoms with Gasteiger partial charge >= 0.3 is 6.09 Å². The van der Waals surface area contributed by atoms with Crippen LogP contribution in [-0.2, 0) is 9.53 Å². The highest BCUT2D eigenvalue weighted by Gasteiger charge is 2.60. The van der Waals surface area contributed by atoms with Crippen LogP contribution in [0, 0.1) is 34.5 Å². The van der Waals surface area contributed by atoms with Crippen molar-refractivity contribution in [3.05, 3.63) is 11.6 Å². The summed E-state index contributed by atoms with van der Waals surface area (Å²) in [5, 5.41) is 3.15. The van der Waals surface area contributed by atoms with Crippen LogP contribution in [0.15, 0.2) is 11.6 Å². The van der Waals surface area contributed by atoms with Gasteiger partial charge in [0.2, 0.25) is 0 Å². The van der Waals surface area contributed by atoms with E-state index in [4.69, 9.17) is 4.74 Å². The van der Waals surface area contributed by atoms with Crippen molar-refractivity contribution in [2.24, 2.45) is 34.5 Å². The Morgan fingerprint density at radius 1 is 1.10 bits per heavy atom. The summed E-state index contributed by atoms with van der Waals surface area (Å²) in [6.07, 6.45) is 10.8. The number of carbonyl (C=O) groups excluding carboxylic acids is 2. The number of hydrogen-bond acceptors (Lipinski definition) is 3. The molecule has 0 saturated heterocycles. The van der Waals surface area contributed by atoms with Crippen molar-refractivity contribution in [2.45, 2.75) is 105 Å². The van der Waals surface area contributed by atoms with Gasteiger partial charge in [-0.05, 0) is 113 Å². The average Bonchev–Trinajstić information content (AvgIpc) is 2.90. The third-order valence-corrected chi connectivity index (χ3v) is 9.39. The summed E-state index contributed by atoms with van der Waals surface area (Å²) in [5.74, 6) is 3.01. The Kier molecular flexibility index (Phi) is 5.38. The summed E-state index contributed by atoms with van der Waals surface area (Å²) in [7, 11) is 0. The summed E-state index contributed by atoms with van der Waals surface area (Å²) < 4.78 is 5.49. The van der Waals surface area contributed by atoms with Crippen molar-refractivity contribution >= 4 is 11.9 Å². The Morgan fingerprint density at radius 3 is 2.50 bits per heavy atom. The van der Waals surface area contributed by atoms with E-state index >= 15 is 0 Å². The summed E-state index contributed by atoms with van der Waals surface area (Å²) in [6, 6.07) is 0.228. The smallest absolute Gasteiger partial charge is 0.407 e. The van der Waals surface area contributed by atoms with Crippen LogP contribution in [0.25, 0.3) is 0 Å². The molecular formula is C26H41NO3. The number of alkyl carbamates (subject to hydrolysis) is 1. The fraction of sp³-hybridized carbons (Fsp3) is 0.846. The number of fused-ring (bicyclic) bond motifs is 5. The molecule has 0 bridgehead atoms. The lowest BCUT2D eigenvalue weighted by Crippen LogP contribution is -2.55. The molecule has 4 rings (SSSR count). The van der Waals surface area contributed by atoms with Crippen LogP contribution in [0.2, 0.25) is 0 Å². The molecular weight excluding hydrogens is 374 g/mol. The summed E-state index contributed by atoms with van der Waals surface area (Å²) in [4.78, 5) is 25.0. The van der Waals surface area contributed by atoms with Crippen molar-refractivity contribution in [1.29, 1.82) is 0 Å². The van der Waals surface area contributed by atoms with Crippen LogP contribution in [0.5, 0.6) is 0 Å². The second kappa shape index (κ2) is 7.38. The van der Waals surface area contributed by atoms with E-state index in [2.05, 4.69) is 25.2 Å². The Hall–Kier alpha value is -1.32. The first-order valence-electron chi connectivity index (χ1n) is 12.2. The van der Waals surface area contributed by atoms with Crippen LogP contribution in [0.4, 0.5) is 4.79 Å². The molecule has 0 spiro atoms. The first kappa shape index (κ1) is 21.9. The number of ketones is 1. The average molecular weight is 416 g/mol. The molecule has 0 heterocycles. The van der Waals surface area contributed by atoms with E-state index in [-0.39, 0.29) is 17.6 Å². The second-order valence-electron chi connectivity index (χ2n) is 12.1. The molecule has 0 aromatic carbocycles. The number of allylic oxidation sites excluding steroid dienone is 2. The highest BCUT2D eigenvalue weighted by molar-refractivity contribution is 5.99. The number of Topliss-reactive ketones (excluding diaryl/α,β-unsaturated/α-hetero) is 1. The molecule has 1 unspecified atom stereocenters. The van der Waals surface area contributed by atoms with Crippen molar-refractivity contribution in [2.75, 3.05) is 0 Å². The Bertz CT molecular complexity index is 750. The molecule has 0 aromatic rings. The van der Waals surface area contributed by atoms with Crippen molar-refractivity contribution in [3.63, 3.8) is 0 Å². The topological polar surface area (TPSA) is 55.4 Å². The zero-order valence-corrected chi connectivity index (χ0v) is 19.8. The molecule has 4 fully saturated rings. The fourth-order valence-electron chi connectivity index (χ4n) is 8.01. The third-order valence-electron chi connectivity index (χ3n) is 9.39. The van der Waals surface area contributed by atoms with Crippen LogP contribution >= 0.6 is 0 Å². The molecule has 0 aliphatic heterocycles. The maximum atomic E-state index is 12.7. The highest BCUT2D eigenvalue weighted by atomic mass is 16.6. The fourth-order valence-corrected chi connectivity index (χ4v) is 8.01. The van der Waals surface area contributed by atoms with E-state index in [0.717, 1.165) is 37.2 Å². The largest absolute Gasteiger partial charge is 0.444 e. The summed E-state index contributed by atoms with van der Waals surface area (Å²) >= 11 is 0. The maximum Gasteiger partial charge on any atom is 0.407 e. The Morgan fingerprint density at radius 2 is 1.83 bits per heavy atom. The van der Waals surface area contributed by atoms with Gasteiger partial charge in [-0.25, -0.2) is 4.79 Å². The van der Waals surface area contributed by atoms with E-state index in [1.54, 1.807) is 0 Å². The SMILES string of the molecule is C/C=C1/C(=O)C[C@H]2[C@@H]3CCC4C[C@H](NC(=O)OC(C)(C)C)CC[C@]4(C)[C@H]3CC[C@]12C. The van der Waals surface area contributed by atoms with Gasteiger partial charge in [-0.1, -0.05) is 19.9 Å². The van der Waals surface area contributed by atoms with Gasteiger partial charge in [0, 0.05) is 12.5 Å². The van der Waals surface area contributed by atoms with Crippen LogP contribution < -0.4 is 5.32 Å². The van der Waals surface area contributed by atoms with Gasteiger partial charge in [-0.2, -0.15) is 0 Å². The Labute approximate surface area is 182 Å². The minimum atomic E-state index is -0.454. The summed E-state index contributed by atoms with van der Waals surface area (Å²) in [6.45, 7) is 12.7. The van der Waals surface area contributed by atoms with Crippen molar-refractivity contribution in [3.8, 4) is 0 Å². The van der Waals surface area contributed by atoms with Gasteiger partial charge in [0.25, 0.3) is 0 Å². The van der Waals surface area contributed by atoms with Gasteiger partial charge in [0.15, 0.2) is 5.78 Å². The molecule has 4 nitrogen and oxygen atoms in total. The predicted molar refractivity (Wildman–Crippen MR) is 119 cm³/mol. The molecule has 4 aliphatic rings. The van der Waals surface area contributed by atoms with Gasteiger partial charge in [0.1, 0.15) is 5.60 Å². The number of rotatable bonds is 1. The molecule has 0 aromatic heterocycles. The van der Waals surface area contributed by atoms with Crippen molar-refractivity contribution in [1.82, 2.24) is 5.32 Å². The predicted octanol–water partition coefficient (Wildman–Crippen LogP) is 6.05. The quantitative estimate of drug-likeness (QED) is 0.531. The number of amides is 1. The standard InChI is InChI=1S/C26H41NO3/c1-7-19-22(28)15-21-18-9-8-16-14-17(27-23(29)30-24(2,3)4)10-12-25(16,5)20(18)11-13-26(19,21)6/h7,16-18,20-21H,8-15H2,1-6H3,(H,27,29)/b19-7-/t16?,17-,18-,20+,21+,25+,26-/m1/s1. The first-order chi connectivity index (χ1) is 14.0. The Balaban J connectivity index is 1.46. The van der Waals surface area contributed by atoms with Crippen LogP contribution in [0.3, 0.4) is 0 Å². The van der Waals surface area contributed by atoms with E-state index in [0.29, 0.717) is 29.0 Å². The normalized spacial score (nSPS) is 44.8. The minimum absolute atomic E-state index is 0.103. The lowest BCUT2D eigenvalue weighted by molar-refractivity contribution is -0.116. The third kappa shape index (κ3) is 3.52. The monoisotopic (exact) mass is 415 g/mol. The molecule has 1 N–H and O–H groups in total. The van der Waals surface area contributed by atoms with Gasteiger partial charge in [-0.3, -0.25) is 4.79 Å². The minimum Gasteiger partial charge on any atom is -0.444 e. The van der Waals surface area contributed by atoms with Crippen molar-refractivity contribution < 1.29 is 14.3 Å². The number of carbonyl (C=O) groups is 2. The summed E-state index contributed by atoms with van der Waals surface area (Å²) in [5.41, 5.74) is 1.11. The maximum absolute atomic E-state index is 12.7. The molecule has 1 amide bonds. The van der Waals surface area contributed by atoms with E-state index < -0.39 is 5.60 Å². The van der Waals surface area contributed by atoms with E-state index in [1.807, 2.05) is 27.7 Å². The molecule has 4 heteroatoms. The van der Waals surface area contributed by atoms with E-state index in [1.165, 1.54) is 25.7 Å². The highest BCUT2D eigenvalue weighted by Crippen LogP contribution is 2.66. The lowest BCUT2D eigenvalue weighted by Gasteiger charge is -2.60. The molecule has 0 radical (unpaired) electrons. The van der Waals surface area contributed by atoms with E-state index in [9.17, 15) is 9.59 Å². The zero-order chi connectivity index (χ0) is 21.9. The van der Waals surface area contributed by atoms with Crippen LogP contribution in [0.1, 0.15) is 92.9 Å². The second-order valence-corrected chi connectivity index (χ2v) is 12.1.